The minimum absolute atomic E-state index is 0.176. The number of para-hydroxylation sites is 2. The lowest BCUT2D eigenvalue weighted by molar-refractivity contribution is -0.121. The van der Waals surface area contributed by atoms with Crippen LogP contribution in [0.15, 0.2) is 60.7 Å². The monoisotopic (exact) mass is 456 g/mol. The molecule has 4 saturated carbocycles. The molecule has 4 nitrogen and oxygen atoms in total. The summed E-state index contributed by atoms with van der Waals surface area (Å²) in [6.45, 7) is 1.09. The minimum atomic E-state index is 0.176. The van der Waals surface area contributed by atoms with Gasteiger partial charge in [0.15, 0.2) is 0 Å². The Hall–Kier alpha value is -2.62. The van der Waals surface area contributed by atoms with Gasteiger partial charge in [-0.05, 0) is 73.6 Å². The third-order valence-corrected chi connectivity index (χ3v) is 9.10. The van der Waals surface area contributed by atoms with E-state index in [1.165, 1.54) is 51.4 Å². The standard InChI is InChI=1S/C30H36N2O2/c33-29(27-23-15-7-8-16-24(23)27)31(21-11-3-1-4-12-21)19-20-32(22-13-5-2-6-14-22)30(34)28-25-17-9-10-18-26(25)28/h1-6,11-14,23-28H,7-10,15-20H2/t23-,24-,25+,26+. The molecule has 0 heterocycles. The van der Waals surface area contributed by atoms with Crippen molar-refractivity contribution >= 4 is 23.2 Å². The molecule has 0 aromatic heterocycles. The van der Waals surface area contributed by atoms with E-state index in [-0.39, 0.29) is 23.7 Å². The summed E-state index contributed by atoms with van der Waals surface area (Å²) < 4.78 is 0. The van der Waals surface area contributed by atoms with Gasteiger partial charge in [-0.3, -0.25) is 9.59 Å². The molecule has 178 valence electrons. The molecule has 0 saturated heterocycles. The lowest BCUT2D eigenvalue weighted by Crippen LogP contribution is -2.43. The predicted octanol–water partition coefficient (Wildman–Crippen LogP) is 5.93. The molecule has 2 amide bonds. The zero-order valence-corrected chi connectivity index (χ0v) is 20.0. The number of benzene rings is 2. The number of amides is 2. The van der Waals surface area contributed by atoms with E-state index in [1.807, 2.05) is 70.5 Å². The maximum Gasteiger partial charge on any atom is 0.230 e. The minimum Gasteiger partial charge on any atom is -0.310 e. The molecule has 0 radical (unpaired) electrons. The molecule has 0 unspecified atom stereocenters. The van der Waals surface area contributed by atoms with Crippen molar-refractivity contribution in [2.45, 2.75) is 51.4 Å². The van der Waals surface area contributed by atoms with E-state index in [0.717, 1.165) is 11.4 Å². The van der Waals surface area contributed by atoms with Gasteiger partial charge in [0.2, 0.25) is 11.8 Å². The van der Waals surface area contributed by atoms with E-state index < -0.39 is 0 Å². The van der Waals surface area contributed by atoms with Crippen molar-refractivity contribution in [1.29, 1.82) is 0 Å². The molecule has 4 atom stereocenters. The third kappa shape index (κ3) is 4.06. The molecule has 4 heteroatoms. The van der Waals surface area contributed by atoms with E-state index in [2.05, 4.69) is 0 Å². The molecular formula is C30H36N2O2. The highest BCUT2D eigenvalue weighted by atomic mass is 16.2. The van der Waals surface area contributed by atoms with Gasteiger partial charge >= 0.3 is 0 Å². The molecule has 34 heavy (non-hydrogen) atoms. The summed E-state index contributed by atoms with van der Waals surface area (Å²) >= 11 is 0. The van der Waals surface area contributed by atoms with Crippen LogP contribution in [0.4, 0.5) is 11.4 Å². The van der Waals surface area contributed by atoms with Crippen LogP contribution in [0.3, 0.4) is 0 Å². The Kier molecular flexibility index (Phi) is 5.92. The van der Waals surface area contributed by atoms with Gasteiger partial charge in [0.25, 0.3) is 0 Å². The normalized spacial score (nSPS) is 31.1. The number of carbonyl (C=O) groups is 2. The summed E-state index contributed by atoms with van der Waals surface area (Å²) in [6.07, 6.45) is 9.83. The average molecular weight is 457 g/mol. The van der Waals surface area contributed by atoms with Crippen molar-refractivity contribution in [2.24, 2.45) is 35.5 Å². The van der Waals surface area contributed by atoms with Crippen LogP contribution in [0.25, 0.3) is 0 Å². The Morgan fingerprint density at radius 1 is 0.559 bits per heavy atom. The average Bonchev–Trinajstić information content (AvgIpc) is 3.80. The van der Waals surface area contributed by atoms with Crippen LogP contribution in [0, 0.1) is 35.5 Å². The number of carbonyl (C=O) groups excluding carboxylic acids is 2. The summed E-state index contributed by atoms with van der Waals surface area (Å²) in [6, 6.07) is 20.2. The SMILES string of the molecule is O=C(C1[C@H]2CCCC[C@H]12)N(CCN(C(=O)C1[C@@H]2CCCC[C@@H]12)c1ccccc1)c1ccccc1. The van der Waals surface area contributed by atoms with Crippen LogP contribution in [0.1, 0.15) is 51.4 Å². The van der Waals surface area contributed by atoms with Gasteiger partial charge in [0.1, 0.15) is 0 Å². The first kappa shape index (κ1) is 21.9. The fourth-order valence-electron chi connectivity index (χ4n) is 7.23. The van der Waals surface area contributed by atoms with Crippen molar-refractivity contribution in [3.05, 3.63) is 60.7 Å². The number of anilines is 2. The maximum absolute atomic E-state index is 13.8. The third-order valence-electron chi connectivity index (χ3n) is 9.10. The number of rotatable bonds is 7. The second kappa shape index (κ2) is 9.20. The first-order valence-corrected chi connectivity index (χ1v) is 13.5. The van der Waals surface area contributed by atoms with Gasteiger partial charge in [-0.15, -0.1) is 0 Å². The molecule has 0 N–H and O–H groups in total. The first-order chi connectivity index (χ1) is 16.7. The summed E-state index contributed by atoms with van der Waals surface area (Å²) in [5.74, 6) is 3.20. The number of hydrogen-bond donors (Lipinski definition) is 0. The topological polar surface area (TPSA) is 40.6 Å². The Morgan fingerprint density at radius 3 is 1.21 bits per heavy atom. The number of nitrogens with zero attached hydrogens (tertiary/aromatic N) is 2. The van der Waals surface area contributed by atoms with E-state index in [1.54, 1.807) is 0 Å². The molecular weight excluding hydrogens is 420 g/mol. The smallest absolute Gasteiger partial charge is 0.230 e. The highest BCUT2D eigenvalue weighted by Crippen LogP contribution is 2.57. The van der Waals surface area contributed by atoms with Crippen LogP contribution in [0.5, 0.6) is 0 Å². The van der Waals surface area contributed by atoms with Gasteiger partial charge in [-0.25, -0.2) is 0 Å². The van der Waals surface area contributed by atoms with Crippen molar-refractivity contribution in [3.8, 4) is 0 Å². The molecule has 4 aliphatic carbocycles. The lowest BCUT2D eigenvalue weighted by Gasteiger charge is -2.29. The Bertz CT molecular complexity index is 915. The second-order valence-electron chi connectivity index (χ2n) is 10.9. The maximum atomic E-state index is 13.8. The molecule has 4 aliphatic rings. The highest BCUT2D eigenvalue weighted by molar-refractivity contribution is 5.99. The van der Waals surface area contributed by atoms with Gasteiger partial charge in [0.05, 0.1) is 0 Å². The molecule has 4 fully saturated rings. The summed E-state index contributed by atoms with van der Waals surface area (Å²) in [4.78, 5) is 31.5. The largest absolute Gasteiger partial charge is 0.310 e. The van der Waals surface area contributed by atoms with Crippen molar-refractivity contribution in [2.75, 3.05) is 22.9 Å². The van der Waals surface area contributed by atoms with E-state index >= 15 is 0 Å². The molecule has 0 bridgehead atoms. The van der Waals surface area contributed by atoms with Gasteiger partial charge in [-0.2, -0.15) is 0 Å². The highest BCUT2D eigenvalue weighted by Gasteiger charge is 2.57. The van der Waals surface area contributed by atoms with Crippen LogP contribution >= 0.6 is 0 Å². The van der Waals surface area contributed by atoms with Gasteiger partial charge < -0.3 is 9.80 Å². The fourth-order valence-corrected chi connectivity index (χ4v) is 7.23. The zero-order chi connectivity index (χ0) is 23.1. The van der Waals surface area contributed by atoms with Crippen molar-refractivity contribution in [3.63, 3.8) is 0 Å². The van der Waals surface area contributed by atoms with Crippen molar-refractivity contribution < 1.29 is 9.59 Å². The van der Waals surface area contributed by atoms with E-state index in [0.29, 0.717) is 36.8 Å². The lowest BCUT2D eigenvalue weighted by atomic mass is 10.0. The summed E-state index contributed by atoms with van der Waals surface area (Å²) in [5.41, 5.74) is 1.91. The molecule has 0 spiro atoms. The first-order valence-electron chi connectivity index (χ1n) is 13.5. The van der Waals surface area contributed by atoms with Crippen molar-refractivity contribution in [1.82, 2.24) is 0 Å². The quantitative estimate of drug-likeness (QED) is 0.518. The van der Waals surface area contributed by atoms with Crippen LogP contribution in [-0.4, -0.2) is 24.9 Å². The zero-order valence-electron chi connectivity index (χ0n) is 20.0. The predicted molar refractivity (Wildman–Crippen MR) is 135 cm³/mol. The Labute approximate surface area is 203 Å². The van der Waals surface area contributed by atoms with Gasteiger partial charge in [0, 0.05) is 36.3 Å². The number of hydrogen-bond acceptors (Lipinski definition) is 2. The molecule has 2 aromatic carbocycles. The van der Waals surface area contributed by atoms with Crippen LogP contribution < -0.4 is 9.80 Å². The van der Waals surface area contributed by atoms with Gasteiger partial charge in [-0.1, -0.05) is 62.1 Å². The molecule has 2 aromatic rings. The number of fused-ring (bicyclic) bond motifs is 2. The van der Waals surface area contributed by atoms with Crippen LogP contribution in [0.2, 0.25) is 0 Å². The van der Waals surface area contributed by atoms with Crippen LogP contribution in [-0.2, 0) is 9.59 Å². The molecule has 6 rings (SSSR count). The fraction of sp³-hybridized carbons (Fsp3) is 0.533. The van der Waals surface area contributed by atoms with E-state index in [9.17, 15) is 9.59 Å². The second-order valence-corrected chi connectivity index (χ2v) is 10.9. The van der Waals surface area contributed by atoms with E-state index in [4.69, 9.17) is 0 Å². The Morgan fingerprint density at radius 2 is 0.882 bits per heavy atom. The molecule has 0 aliphatic heterocycles. The summed E-state index contributed by atoms with van der Waals surface area (Å²) in [5, 5.41) is 0. The Balaban J connectivity index is 1.23. The summed E-state index contributed by atoms with van der Waals surface area (Å²) in [7, 11) is 0.